The first-order chi connectivity index (χ1) is 8.28. The van der Waals surface area contributed by atoms with Crippen molar-refractivity contribution in [2.45, 2.75) is 13.1 Å². The van der Waals surface area contributed by atoms with Crippen LogP contribution in [0, 0.1) is 3.57 Å². The van der Waals surface area contributed by atoms with E-state index in [0.29, 0.717) is 19.0 Å². The molecule has 5 heteroatoms. The van der Waals surface area contributed by atoms with E-state index < -0.39 is 0 Å². The number of nitrogens with two attached hydrogens (primary N) is 1. The molecule has 4 nitrogen and oxygen atoms in total. The van der Waals surface area contributed by atoms with E-state index in [1.807, 2.05) is 12.1 Å². The Bertz CT molecular complexity index is 484. The van der Waals surface area contributed by atoms with E-state index in [-0.39, 0.29) is 0 Å². The highest BCUT2D eigenvalue weighted by molar-refractivity contribution is 14.1. The molecule has 0 atom stereocenters. The molecule has 0 aliphatic carbocycles. The number of nitrogens with one attached hydrogen (secondary N) is 1. The number of aromatic nitrogens is 2. The fourth-order valence-corrected chi connectivity index (χ4v) is 1.73. The molecule has 0 saturated heterocycles. The molecule has 1 heterocycles. The summed E-state index contributed by atoms with van der Waals surface area (Å²) in [6.07, 6.45) is 3.57. The molecule has 0 saturated carbocycles. The van der Waals surface area contributed by atoms with E-state index in [1.165, 1.54) is 5.56 Å². The zero-order valence-corrected chi connectivity index (χ0v) is 11.4. The third-order valence-corrected chi connectivity index (χ3v) is 2.86. The van der Waals surface area contributed by atoms with Gasteiger partial charge in [0.15, 0.2) is 0 Å². The Morgan fingerprint density at radius 2 is 1.88 bits per heavy atom. The molecule has 0 amide bonds. The second-order valence-electron chi connectivity index (χ2n) is 3.60. The number of rotatable bonds is 4. The Kier molecular flexibility index (Phi) is 4.27. The summed E-state index contributed by atoms with van der Waals surface area (Å²) in [4.78, 5) is 8.36. The van der Waals surface area contributed by atoms with Crippen molar-refractivity contribution < 1.29 is 0 Å². The van der Waals surface area contributed by atoms with Crippen LogP contribution in [0.5, 0.6) is 0 Å². The standard InChI is InChI=1S/C12H13IN4/c13-11-7-16-12(17-8-11)15-6-10-3-1-2-9(4-10)5-14/h1-4,7-8H,5-6,14H2,(H,15,16,17). The number of hydrogen-bond acceptors (Lipinski definition) is 4. The van der Waals surface area contributed by atoms with Gasteiger partial charge in [0.2, 0.25) is 5.95 Å². The lowest BCUT2D eigenvalue weighted by atomic mass is 10.1. The van der Waals surface area contributed by atoms with Crippen LogP contribution in [0.3, 0.4) is 0 Å². The number of benzene rings is 1. The zero-order valence-electron chi connectivity index (χ0n) is 9.23. The van der Waals surface area contributed by atoms with Gasteiger partial charge in [-0.1, -0.05) is 24.3 Å². The molecular formula is C12H13IN4. The van der Waals surface area contributed by atoms with Crippen LogP contribution in [0.2, 0.25) is 0 Å². The third kappa shape index (κ3) is 3.64. The average molecular weight is 340 g/mol. The van der Waals surface area contributed by atoms with Crippen LogP contribution in [0.25, 0.3) is 0 Å². The fourth-order valence-electron chi connectivity index (χ4n) is 1.45. The highest BCUT2D eigenvalue weighted by atomic mass is 127. The summed E-state index contributed by atoms with van der Waals surface area (Å²) in [5, 5.41) is 3.17. The van der Waals surface area contributed by atoms with Crippen molar-refractivity contribution in [3.05, 3.63) is 51.4 Å². The SMILES string of the molecule is NCc1cccc(CNc2ncc(I)cn2)c1. The van der Waals surface area contributed by atoms with Crippen LogP contribution in [0.15, 0.2) is 36.7 Å². The molecule has 3 N–H and O–H groups in total. The van der Waals surface area contributed by atoms with E-state index >= 15 is 0 Å². The number of halogens is 1. The van der Waals surface area contributed by atoms with Crippen LogP contribution >= 0.6 is 22.6 Å². The minimum atomic E-state index is 0.563. The summed E-state index contributed by atoms with van der Waals surface area (Å²) in [5.41, 5.74) is 7.90. The monoisotopic (exact) mass is 340 g/mol. The lowest BCUT2D eigenvalue weighted by molar-refractivity contribution is 1.02. The van der Waals surface area contributed by atoms with Crippen molar-refractivity contribution in [2.24, 2.45) is 5.73 Å². The molecule has 0 fully saturated rings. The van der Waals surface area contributed by atoms with Crippen LogP contribution in [0.1, 0.15) is 11.1 Å². The molecule has 88 valence electrons. The molecule has 0 spiro atoms. The van der Waals surface area contributed by atoms with Crippen molar-refractivity contribution in [3.63, 3.8) is 0 Å². The summed E-state index contributed by atoms with van der Waals surface area (Å²) in [6.45, 7) is 1.27. The van der Waals surface area contributed by atoms with Crippen molar-refractivity contribution in [2.75, 3.05) is 5.32 Å². The first-order valence-corrected chi connectivity index (χ1v) is 6.35. The average Bonchev–Trinajstić information content (AvgIpc) is 2.38. The first kappa shape index (κ1) is 12.3. The van der Waals surface area contributed by atoms with Crippen molar-refractivity contribution in [1.29, 1.82) is 0 Å². The normalized spacial score (nSPS) is 10.2. The second-order valence-corrected chi connectivity index (χ2v) is 4.85. The molecule has 0 radical (unpaired) electrons. The van der Waals surface area contributed by atoms with E-state index in [2.05, 4.69) is 50.0 Å². The van der Waals surface area contributed by atoms with E-state index in [0.717, 1.165) is 9.13 Å². The predicted octanol–water partition coefficient (Wildman–Crippen LogP) is 2.15. The molecule has 1 aromatic heterocycles. The second kappa shape index (κ2) is 5.92. The summed E-state index contributed by atoms with van der Waals surface area (Å²) in [5.74, 6) is 0.642. The molecule has 2 rings (SSSR count). The lowest BCUT2D eigenvalue weighted by Gasteiger charge is -2.06. The van der Waals surface area contributed by atoms with Gasteiger partial charge in [-0.3, -0.25) is 0 Å². The third-order valence-electron chi connectivity index (χ3n) is 2.30. The minimum Gasteiger partial charge on any atom is -0.350 e. The van der Waals surface area contributed by atoms with Gasteiger partial charge >= 0.3 is 0 Å². The number of anilines is 1. The maximum Gasteiger partial charge on any atom is 0.222 e. The summed E-state index contributed by atoms with van der Waals surface area (Å²) >= 11 is 2.18. The van der Waals surface area contributed by atoms with Gasteiger partial charge < -0.3 is 11.1 Å². The molecule has 0 aliphatic rings. The smallest absolute Gasteiger partial charge is 0.222 e. The van der Waals surface area contributed by atoms with Gasteiger partial charge in [-0.15, -0.1) is 0 Å². The van der Waals surface area contributed by atoms with Gasteiger partial charge in [0, 0.05) is 29.1 Å². The van der Waals surface area contributed by atoms with Gasteiger partial charge in [0.05, 0.1) is 0 Å². The topological polar surface area (TPSA) is 63.8 Å². The molecular weight excluding hydrogens is 327 g/mol. The van der Waals surface area contributed by atoms with E-state index in [4.69, 9.17) is 5.73 Å². The molecule has 1 aromatic carbocycles. The highest BCUT2D eigenvalue weighted by Gasteiger charge is 1.97. The summed E-state index contributed by atoms with van der Waals surface area (Å²) < 4.78 is 1.03. The first-order valence-electron chi connectivity index (χ1n) is 5.27. The van der Waals surface area contributed by atoms with Crippen molar-refractivity contribution in [1.82, 2.24) is 9.97 Å². The molecule has 0 aliphatic heterocycles. The van der Waals surface area contributed by atoms with Crippen LogP contribution in [-0.4, -0.2) is 9.97 Å². The van der Waals surface area contributed by atoms with Crippen LogP contribution < -0.4 is 11.1 Å². The van der Waals surface area contributed by atoms with Gasteiger partial charge in [-0.05, 0) is 33.7 Å². The summed E-state index contributed by atoms with van der Waals surface area (Å²) in [7, 11) is 0. The Balaban J connectivity index is 1.99. The highest BCUT2D eigenvalue weighted by Crippen LogP contribution is 2.07. The number of hydrogen-bond donors (Lipinski definition) is 2. The largest absolute Gasteiger partial charge is 0.350 e. The summed E-state index contributed by atoms with van der Waals surface area (Å²) in [6, 6.07) is 8.16. The molecule has 0 bridgehead atoms. The van der Waals surface area contributed by atoms with Crippen LogP contribution in [-0.2, 0) is 13.1 Å². The fraction of sp³-hybridized carbons (Fsp3) is 0.167. The molecule has 17 heavy (non-hydrogen) atoms. The minimum absolute atomic E-state index is 0.563. The maximum absolute atomic E-state index is 5.60. The van der Waals surface area contributed by atoms with Crippen LogP contribution in [0.4, 0.5) is 5.95 Å². The van der Waals surface area contributed by atoms with Gasteiger partial charge in [0.25, 0.3) is 0 Å². The van der Waals surface area contributed by atoms with Gasteiger partial charge in [-0.25, -0.2) is 9.97 Å². The quantitative estimate of drug-likeness (QED) is 0.838. The Labute approximate surface area is 114 Å². The maximum atomic E-state index is 5.60. The predicted molar refractivity (Wildman–Crippen MR) is 76.4 cm³/mol. The molecule has 2 aromatic rings. The zero-order chi connectivity index (χ0) is 12.1. The molecule has 0 unspecified atom stereocenters. The van der Waals surface area contributed by atoms with Crippen molar-refractivity contribution >= 4 is 28.5 Å². The van der Waals surface area contributed by atoms with Gasteiger partial charge in [-0.2, -0.15) is 0 Å². The van der Waals surface area contributed by atoms with E-state index in [1.54, 1.807) is 12.4 Å². The van der Waals surface area contributed by atoms with Crippen molar-refractivity contribution in [3.8, 4) is 0 Å². The Hall–Kier alpha value is -1.21. The van der Waals surface area contributed by atoms with E-state index in [9.17, 15) is 0 Å². The number of nitrogens with zero attached hydrogens (tertiary/aromatic N) is 2. The lowest BCUT2D eigenvalue weighted by Crippen LogP contribution is -2.04. The van der Waals surface area contributed by atoms with Gasteiger partial charge in [0.1, 0.15) is 0 Å². The Morgan fingerprint density at radius 1 is 1.18 bits per heavy atom. The Morgan fingerprint density at radius 3 is 2.59 bits per heavy atom.